The molecule has 0 aliphatic heterocycles. The van der Waals surface area contributed by atoms with E-state index in [1.165, 1.54) is 24.5 Å². The normalized spacial score (nSPS) is 11.2. The number of anilines is 1. The molecule has 0 saturated carbocycles. The molecule has 0 amide bonds. The molecule has 0 atom stereocenters. The van der Waals surface area contributed by atoms with Gasteiger partial charge < -0.3 is 4.74 Å². The average Bonchev–Trinajstić information content (AvgIpc) is 3.62. The maximum atomic E-state index is 12.7. The highest BCUT2D eigenvalue weighted by Gasteiger charge is 2.20. The summed E-state index contributed by atoms with van der Waals surface area (Å²) < 4.78 is 40.9. The van der Waals surface area contributed by atoms with Gasteiger partial charge in [-0.15, -0.1) is 0 Å². The monoisotopic (exact) mass is 519 g/mol. The SMILES string of the molecule is Cn1cc(-c2cc(-c3cnn(C)c3)c(Oc3ccc(S(=O)(=O)Nc4ncns4)cc3C#N)cn2)cn1. The van der Waals surface area contributed by atoms with Gasteiger partial charge in [-0.1, -0.05) is 0 Å². The lowest BCUT2D eigenvalue weighted by Gasteiger charge is -2.13. The van der Waals surface area contributed by atoms with E-state index in [2.05, 4.69) is 29.3 Å². The minimum absolute atomic E-state index is 0.0311. The standard InChI is InChI=1S/C22H17N9O3S2/c1-30-11-15(8-26-30)18-6-19(16-9-27-31(2)12-16)24-10-21(18)34-20-4-3-17(5-14(20)7-23)36(32,33)29-22-25-13-28-35-22/h3-6,8-13H,1-2H3,(H,25,28,29). The zero-order valence-corrected chi connectivity index (χ0v) is 20.5. The third-order valence-corrected chi connectivity index (χ3v) is 7.11. The predicted octanol–water partition coefficient (Wildman–Crippen LogP) is 3.20. The van der Waals surface area contributed by atoms with Gasteiger partial charge in [-0.3, -0.25) is 19.1 Å². The summed E-state index contributed by atoms with van der Waals surface area (Å²) in [7, 11) is -0.347. The summed E-state index contributed by atoms with van der Waals surface area (Å²) in [5.74, 6) is 0.545. The molecule has 36 heavy (non-hydrogen) atoms. The maximum absolute atomic E-state index is 12.7. The van der Waals surface area contributed by atoms with E-state index in [1.54, 1.807) is 35.0 Å². The Morgan fingerprint density at radius 2 is 1.75 bits per heavy atom. The van der Waals surface area contributed by atoms with Crippen LogP contribution >= 0.6 is 11.5 Å². The van der Waals surface area contributed by atoms with Crippen LogP contribution in [0.5, 0.6) is 11.5 Å². The first-order valence-corrected chi connectivity index (χ1v) is 12.6. The molecule has 0 bridgehead atoms. The summed E-state index contributed by atoms with van der Waals surface area (Å²) >= 11 is 0.901. The number of pyridine rings is 1. The number of nitrogens with zero attached hydrogens (tertiary/aromatic N) is 8. The van der Waals surface area contributed by atoms with Gasteiger partial charge >= 0.3 is 0 Å². The van der Waals surface area contributed by atoms with E-state index in [0.29, 0.717) is 17.0 Å². The lowest BCUT2D eigenvalue weighted by molar-refractivity contribution is 0.480. The van der Waals surface area contributed by atoms with Gasteiger partial charge in [0, 0.05) is 54.7 Å². The fraction of sp³-hybridized carbons (Fsp3) is 0.0909. The first-order valence-electron chi connectivity index (χ1n) is 10.3. The molecule has 4 aromatic heterocycles. The first-order chi connectivity index (χ1) is 17.3. The van der Waals surface area contributed by atoms with Gasteiger partial charge in [0.15, 0.2) is 5.75 Å². The van der Waals surface area contributed by atoms with Gasteiger partial charge in [-0.25, -0.2) is 13.4 Å². The zero-order valence-electron chi connectivity index (χ0n) is 18.9. The molecule has 0 fully saturated rings. The number of nitriles is 1. The largest absolute Gasteiger partial charge is 0.454 e. The third kappa shape index (κ3) is 4.65. The van der Waals surface area contributed by atoms with Crippen LogP contribution in [0.4, 0.5) is 5.13 Å². The summed E-state index contributed by atoms with van der Waals surface area (Å²) in [6.45, 7) is 0. The summed E-state index contributed by atoms with van der Waals surface area (Å²) in [6.07, 6.45) is 9.86. The number of nitrogens with one attached hydrogen (secondary N) is 1. The van der Waals surface area contributed by atoms with Gasteiger partial charge in [0.2, 0.25) is 5.13 Å². The Bertz CT molecular complexity index is 1700. The van der Waals surface area contributed by atoms with Gasteiger partial charge in [0.25, 0.3) is 10.0 Å². The molecule has 0 aliphatic carbocycles. The van der Waals surface area contributed by atoms with Crippen LogP contribution in [0.2, 0.25) is 0 Å². The van der Waals surface area contributed by atoms with Crippen LogP contribution in [0.25, 0.3) is 22.4 Å². The molecule has 1 aromatic carbocycles. The molecule has 12 nitrogen and oxygen atoms in total. The second-order valence-electron chi connectivity index (χ2n) is 7.59. The number of hydrogen-bond donors (Lipinski definition) is 1. The summed E-state index contributed by atoms with van der Waals surface area (Å²) in [6, 6.07) is 7.86. The molecule has 5 aromatic rings. The molecule has 4 heterocycles. The van der Waals surface area contributed by atoms with E-state index < -0.39 is 10.0 Å². The van der Waals surface area contributed by atoms with E-state index in [0.717, 1.165) is 22.7 Å². The summed E-state index contributed by atoms with van der Waals surface area (Å²) in [5, 5.41) is 18.3. The van der Waals surface area contributed by atoms with E-state index >= 15 is 0 Å². The zero-order chi connectivity index (χ0) is 25.3. The predicted molar refractivity (Wildman–Crippen MR) is 131 cm³/mol. The molecule has 0 aliphatic rings. The van der Waals surface area contributed by atoms with Crippen molar-refractivity contribution in [1.82, 2.24) is 33.9 Å². The Kier molecular flexibility index (Phi) is 5.92. The highest BCUT2D eigenvalue weighted by Crippen LogP contribution is 2.37. The lowest BCUT2D eigenvalue weighted by atomic mass is 10.1. The van der Waals surface area contributed by atoms with E-state index in [-0.39, 0.29) is 21.3 Å². The van der Waals surface area contributed by atoms with Crippen molar-refractivity contribution in [2.24, 2.45) is 14.1 Å². The van der Waals surface area contributed by atoms with Crippen LogP contribution in [0.15, 0.2) is 66.5 Å². The van der Waals surface area contributed by atoms with Gasteiger partial charge in [-0.05, 0) is 24.3 Å². The van der Waals surface area contributed by atoms with Crippen molar-refractivity contribution in [3.8, 4) is 40.0 Å². The molecule has 5 rings (SSSR count). The number of benzene rings is 1. The fourth-order valence-electron chi connectivity index (χ4n) is 3.38. The van der Waals surface area contributed by atoms with Crippen molar-refractivity contribution in [1.29, 1.82) is 5.26 Å². The molecule has 180 valence electrons. The van der Waals surface area contributed by atoms with E-state index in [4.69, 9.17) is 4.74 Å². The van der Waals surface area contributed by atoms with Crippen LogP contribution < -0.4 is 9.46 Å². The highest BCUT2D eigenvalue weighted by atomic mass is 32.2. The van der Waals surface area contributed by atoms with Crippen molar-refractivity contribution in [2.75, 3.05) is 4.72 Å². The number of aromatic nitrogens is 7. The Morgan fingerprint density at radius 3 is 2.39 bits per heavy atom. The smallest absolute Gasteiger partial charge is 0.263 e. The molecular weight excluding hydrogens is 502 g/mol. The van der Waals surface area contributed by atoms with E-state index in [9.17, 15) is 13.7 Å². The molecule has 0 spiro atoms. The van der Waals surface area contributed by atoms with Crippen LogP contribution in [0, 0.1) is 11.3 Å². The summed E-state index contributed by atoms with van der Waals surface area (Å²) in [5.41, 5.74) is 3.00. The molecule has 0 saturated heterocycles. The third-order valence-electron chi connectivity index (χ3n) is 5.07. The first kappa shape index (κ1) is 23.1. The lowest BCUT2D eigenvalue weighted by Crippen LogP contribution is -2.13. The summed E-state index contributed by atoms with van der Waals surface area (Å²) in [4.78, 5) is 8.21. The van der Waals surface area contributed by atoms with Crippen molar-refractivity contribution < 1.29 is 13.2 Å². The fourth-order valence-corrected chi connectivity index (χ4v) is 5.07. The Balaban J connectivity index is 1.52. The van der Waals surface area contributed by atoms with Crippen LogP contribution in [0.1, 0.15) is 5.56 Å². The quantitative estimate of drug-likeness (QED) is 0.341. The maximum Gasteiger partial charge on any atom is 0.263 e. The van der Waals surface area contributed by atoms with Crippen LogP contribution in [-0.4, -0.2) is 42.3 Å². The Labute approximate surface area is 209 Å². The number of hydrogen-bond acceptors (Lipinski definition) is 10. The Hall–Kier alpha value is -4.61. The van der Waals surface area contributed by atoms with Gasteiger partial charge in [0.05, 0.1) is 34.7 Å². The van der Waals surface area contributed by atoms with Crippen molar-refractivity contribution in [3.05, 3.63) is 67.1 Å². The number of sulfonamides is 1. The molecule has 1 N–H and O–H groups in total. The highest BCUT2D eigenvalue weighted by molar-refractivity contribution is 7.93. The second-order valence-corrected chi connectivity index (χ2v) is 10.1. The molecule has 0 unspecified atom stereocenters. The minimum atomic E-state index is -3.97. The van der Waals surface area contributed by atoms with Crippen LogP contribution in [0.3, 0.4) is 0 Å². The minimum Gasteiger partial charge on any atom is -0.454 e. The molecule has 0 radical (unpaired) electrons. The average molecular weight is 520 g/mol. The van der Waals surface area contributed by atoms with E-state index in [1.807, 2.05) is 31.6 Å². The van der Waals surface area contributed by atoms with Crippen molar-refractivity contribution in [3.63, 3.8) is 0 Å². The molecular formula is C22H17N9O3S2. The number of aryl methyl sites for hydroxylation is 2. The second kappa shape index (κ2) is 9.21. The Morgan fingerprint density at radius 1 is 1.00 bits per heavy atom. The molecule has 14 heteroatoms. The van der Waals surface area contributed by atoms with Gasteiger partial charge in [0.1, 0.15) is 18.1 Å². The number of ether oxygens (including phenoxy) is 1. The number of rotatable bonds is 7. The van der Waals surface area contributed by atoms with Gasteiger partial charge in [-0.2, -0.15) is 19.8 Å². The van der Waals surface area contributed by atoms with Crippen molar-refractivity contribution in [2.45, 2.75) is 4.90 Å². The topological polar surface area (TPSA) is 154 Å². The van der Waals surface area contributed by atoms with Crippen molar-refractivity contribution >= 4 is 26.7 Å². The van der Waals surface area contributed by atoms with Crippen LogP contribution in [-0.2, 0) is 24.1 Å².